The topological polar surface area (TPSA) is 22.1 Å². The Morgan fingerprint density at radius 2 is 1.59 bits per heavy atom. The number of methoxy groups -OCH3 is 1. The van der Waals surface area contributed by atoms with Crippen LogP contribution >= 0.6 is 0 Å². The highest BCUT2D eigenvalue weighted by Crippen LogP contribution is 2.22. The lowest BCUT2D eigenvalue weighted by Crippen LogP contribution is -1.86. The number of nitrogens with zero attached hydrogens (tertiary/aromatic N) is 1. The van der Waals surface area contributed by atoms with Gasteiger partial charge in [0.2, 0.25) is 0 Å². The van der Waals surface area contributed by atoms with Crippen LogP contribution in [0.1, 0.15) is 19.4 Å². The van der Waals surface area contributed by atoms with E-state index in [0.29, 0.717) is 0 Å². The van der Waals surface area contributed by atoms with Gasteiger partial charge in [-0.2, -0.15) is 0 Å². The molecule has 0 aliphatic carbocycles. The average molecular weight is 229 g/mol. The lowest BCUT2D eigenvalue weighted by atomic mass is 10.1. The van der Waals surface area contributed by atoms with Crippen molar-refractivity contribution >= 4 is 0 Å². The van der Waals surface area contributed by atoms with Gasteiger partial charge in [-0.3, -0.25) is 4.98 Å². The quantitative estimate of drug-likeness (QED) is 0.773. The molecule has 0 radical (unpaired) electrons. The monoisotopic (exact) mass is 229 g/mol. The van der Waals surface area contributed by atoms with E-state index in [1.165, 1.54) is 5.56 Å². The molecule has 1 aromatic heterocycles. The highest BCUT2D eigenvalue weighted by Gasteiger charge is 1.99. The zero-order valence-corrected chi connectivity index (χ0v) is 10.9. The van der Waals surface area contributed by atoms with E-state index in [2.05, 4.69) is 36.2 Å². The second-order valence-electron chi connectivity index (χ2n) is 3.48. The van der Waals surface area contributed by atoms with Gasteiger partial charge in [-0.15, -0.1) is 0 Å². The van der Waals surface area contributed by atoms with Crippen molar-refractivity contribution < 1.29 is 4.74 Å². The first-order chi connectivity index (χ1) is 8.29. The van der Waals surface area contributed by atoms with Gasteiger partial charge < -0.3 is 4.74 Å². The number of hydrogen-bond donors (Lipinski definition) is 0. The molecule has 90 valence electrons. The van der Waals surface area contributed by atoms with Crippen molar-refractivity contribution in [3.05, 3.63) is 48.3 Å². The molecule has 2 heteroatoms. The summed E-state index contributed by atoms with van der Waals surface area (Å²) >= 11 is 0. The molecule has 2 nitrogen and oxygen atoms in total. The van der Waals surface area contributed by atoms with Gasteiger partial charge in [0.1, 0.15) is 5.75 Å². The summed E-state index contributed by atoms with van der Waals surface area (Å²) in [5, 5.41) is 0. The molecule has 0 atom stereocenters. The predicted octanol–water partition coefficient (Wildman–Crippen LogP) is 4.09. The average Bonchev–Trinajstić information content (AvgIpc) is 2.42. The third kappa shape index (κ3) is 3.59. The Morgan fingerprint density at radius 1 is 0.941 bits per heavy atom. The van der Waals surface area contributed by atoms with Gasteiger partial charge in [0.05, 0.1) is 13.3 Å². The second kappa shape index (κ2) is 6.69. The molecule has 2 rings (SSSR count). The summed E-state index contributed by atoms with van der Waals surface area (Å²) in [6.07, 6.45) is 3.55. The van der Waals surface area contributed by atoms with Crippen LogP contribution in [0.3, 0.4) is 0 Å². The highest BCUT2D eigenvalue weighted by atomic mass is 16.5. The number of ether oxygens (including phenoxy) is 1. The standard InChI is InChI=1S/C13H13NO.C2H6/c1-10-3-5-11(6-4-10)12-7-13(15-2)9-14-8-12;1-2/h3-9H,1-2H3;1-2H3. The summed E-state index contributed by atoms with van der Waals surface area (Å²) < 4.78 is 5.14. The number of hydrogen-bond acceptors (Lipinski definition) is 2. The molecule has 0 spiro atoms. The normalized spacial score (nSPS) is 9.18. The first kappa shape index (κ1) is 13.2. The first-order valence-corrected chi connectivity index (χ1v) is 5.85. The predicted molar refractivity (Wildman–Crippen MR) is 72.3 cm³/mol. The van der Waals surface area contributed by atoms with Crippen LogP contribution in [0, 0.1) is 6.92 Å². The van der Waals surface area contributed by atoms with Crippen LogP contribution < -0.4 is 4.74 Å². The molecule has 2 aromatic rings. The van der Waals surface area contributed by atoms with E-state index in [-0.39, 0.29) is 0 Å². The minimum absolute atomic E-state index is 0.785. The van der Waals surface area contributed by atoms with E-state index in [4.69, 9.17) is 4.74 Å². The van der Waals surface area contributed by atoms with Crippen LogP contribution in [0.2, 0.25) is 0 Å². The van der Waals surface area contributed by atoms with E-state index in [0.717, 1.165) is 16.9 Å². The van der Waals surface area contributed by atoms with Gasteiger partial charge in [0.25, 0.3) is 0 Å². The molecule has 0 N–H and O–H groups in total. The van der Waals surface area contributed by atoms with Gasteiger partial charge >= 0.3 is 0 Å². The van der Waals surface area contributed by atoms with Gasteiger partial charge in [-0.05, 0) is 18.6 Å². The van der Waals surface area contributed by atoms with Crippen LogP contribution in [0.4, 0.5) is 0 Å². The molecule has 0 aliphatic rings. The van der Waals surface area contributed by atoms with Gasteiger partial charge in [0, 0.05) is 11.8 Å². The van der Waals surface area contributed by atoms with Crippen molar-refractivity contribution in [2.75, 3.05) is 7.11 Å². The van der Waals surface area contributed by atoms with Crippen LogP contribution in [-0.4, -0.2) is 12.1 Å². The molecule has 1 aromatic carbocycles. The summed E-state index contributed by atoms with van der Waals surface area (Å²) in [6.45, 7) is 6.08. The molecule has 0 saturated heterocycles. The lowest BCUT2D eigenvalue weighted by molar-refractivity contribution is 0.413. The zero-order valence-electron chi connectivity index (χ0n) is 10.9. The summed E-state index contributed by atoms with van der Waals surface area (Å²) in [4.78, 5) is 4.13. The molecule has 0 saturated carbocycles. The molecule has 0 amide bonds. The summed E-state index contributed by atoms with van der Waals surface area (Å²) in [7, 11) is 1.65. The Labute approximate surface area is 103 Å². The molecule has 0 aliphatic heterocycles. The van der Waals surface area contributed by atoms with Gasteiger partial charge in [-0.25, -0.2) is 0 Å². The van der Waals surface area contributed by atoms with Crippen molar-refractivity contribution in [2.24, 2.45) is 0 Å². The number of aromatic nitrogens is 1. The van der Waals surface area contributed by atoms with Crippen molar-refractivity contribution in [3.63, 3.8) is 0 Å². The Balaban J connectivity index is 0.000000686. The van der Waals surface area contributed by atoms with Crippen molar-refractivity contribution in [2.45, 2.75) is 20.8 Å². The highest BCUT2D eigenvalue weighted by molar-refractivity contribution is 5.64. The minimum atomic E-state index is 0.785. The molecule has 0 fully saturated rings. The number of aryl methyl sites for hydroxylation is 1. The molecular weight excluding hydrogens is 210 g/mol. The SMILES string of the molecule is CC.COc1cncc(-c2ccc(C)cc2)c1. The lowest BCUT2D eigenvalue weighted by Gasteiger charge is -2.04. The van der Waals surface area contributed by atoms with Crippen molar-refractivity contribution in [1.29, 1.82) is 0 Å². The van der Waals surface area contributed by atoms with Gasteiger partial charge in [-0.1, -0.05) is 43.7 Å². The Hall–Kier alpha value is -1.83. The van der Waals surface area contributed by atoms with Crippen molar-refractivity contribution in [3.8, 4) is 16.9 Å². The zero-order chi connectivity index (χ0) is 12.7. The summed E-state index contributed by atoms with van der Waals surface area (Å²) in [5.74, 6) is 0.785. The van der Waals surface area contributed by atoms with Gasteiger partial charge in [0.15, 0.2) is 0 Å². The maximum Gasteiger partial charge on any atom is 0.137 e. The molecule has 1 heterocycles. The number of pyridine rings is 1. The number of benzene rings is 1. The smallest absolute Gasteiger partial charge is 0.137 e. The van der Waals surface area contributed by atoms with Crippen LogP contribution in [0.25, 0.3) is 11.1 Å². The molecule has 17 heavy (non-hydrogen) atoms. The third-order valence-electron chi connectivity index (χ3n) is 2.33. The second-order valence-corrected chi connectivity index (χ2v) is 3.48. The van der Waals surface area contributed by atoms with E-state index < -0.39 is 0 Å². The largest absolute Gasteiger partial charge is 0.495 e. The van der Waals surface area contributed by atoms with E-state index in [1.54, 1.807) is 13.3 Å². The van der Waals surface area contributed by atoms with Crippen molar-refractivity contribution in [1.82, 2.24) is 4.98 Å². The fraction of sp³-hybridized carbons (Fsp3) is 0.267. The summed E-state index contributed by atoms with van der Waals surface area (Å²) in [5.41, 5.74) is 3.50. The van der Waals surface area contributed by atoms with E-state index in [1.807, 2.05) is 26.1 Å². The van der Waals surface area contributed by atoms with E-state index >= 15 is 0 Å². The maximum atomic E-state index is 5.14. The fourth-order valence-corrected chi connectivity index (χ4v) is 1.43. The minimum Gasteiger partial charge on any atom is -0.495 e. The van der Waals surface area contributed by atoms with Crippen LogP contribution in [-0.2, 0) is 0 Å². The molecular formula is C15H19NO. The molecule has 0 bridgehead atoms. The fourth-order valence-electron chi connectivity index (χ4n) is 1.43. The summed E-state index contributed by atoms with van der Waals surface area (Å²) in [6, 6.07) is 10.3. The van der Waals surface area contributed by atoms with Crippen LogP contribution in [0.15, 0.2) is 42.7 Å². The van der Waals surface area contributed by atoms with E-state index in [9.17, 15) is 0 Å². The van der Waals surface area contributed by atoms with Crippen LogP contribution in [0.5, 0.6) is 5.75 Å². The number of rotatable bonds is 2. The third-order valence-corrected chi connectivity index (χ3v) is 2.33. The first-order valence-electron chi connectivity index (χ1n) is 5.85. The Morgan fingerprint density at radius 3 is 2.18 bits per heavy atom. The maximum absolute atomic E-state index is 5.14. The Bertz CT molecular complexity index is 449. The molecule has 0 unspecified atom stereocenters. The Kier molecular flexibility index (Phi) is 5.21.